The van der Waals surface area contributed by atoms with Crippen LogP contribution in [-0.4, -0.2) is 25.0 Å². The third-order valence-corrected chi connectivity index (χ3v) is 6.73. The molecule has 0 aliphatic rings. The maximum absolute atomic E-state index is 12.2. The second kappa shape index (κ2) is 17.1. The summed E-state index contributed by atoms with van der Waals surface area (Å²) in [7, 11) is -3.81. The van der Waals surface area contributed by atoms with Crippen LogP contribution in [0, 0.1) is 0 Å². The summed E-state index contributed by atoms with van der Waals surface area (Å²) in [5.74, 6) is 0. The number of imidazole rings is 1. The van der Waals surface area contributed by atoms with Crippen LogP contribution in [0.15, 0.2) is 29.4 Å². The number of benzene rings is 1. The Bertz CT molecular complexity index is 781. The van der Waals surface area contributed by atoms with Gasteiger partial charge in [-0.1, -0.05) is 109 Å². The van der Waals surface area contributed by atoms with Gasteiger partial charge >= 0.3 is 39.7 Å². The molecule has 1 N–H and O–H groups in total. The number of aromatic amines is 1. The third-order valence-electron chi connectivity index (χ3n) is 5.59. The normalized spacial score (nSPS) is 11.6. The van der Waals surface area contributed by atoms with Crippen molar-refractivity contribution in [2.75, 3.05) is 6.61 Å². The summed E-state index contributed by atoms with van der Waals surface area (Å²) < 4.78 is 29.6. The molecule has 0 aliphatic carbocycles. The van der Waals surface area contributed by atoms with Gasteiger partial charge in [-0.15, -0.1) is 0 Å². The number of rotatable bonds is 18. The molecule has 31 heavy (non-hydrogen) atoms. The molecule has 5 nitrogen and oxygen atoms in total. The number of nitrogens with one attached hydrogen (secondary N) is 1. The molecule has 172 valence electrons. The molecule has 0 aliphatic heterocycles. The molecule has 0 amide bonds. The van der Waals surface area contributed by atoms with E-state index in [1.807, 2.05) is 12.1 Å². The predicted molar refractivity (Wildman–Crippen MR) is 125 cm³/mol. The summed E-state index contributed by atoms with van der Waals surface area (Å²) in [5, 5.41) is -0.107. The summed E-state index contributed by atoms with van der Waals surface area (Å²) in [6, 6.07) is 7.25. The molecule has 0 radical (unpaired) electrons. The largest absolute Gasteiger partial charge is 1.00 e. The summed E-state index contributed by atoms with van der Waals surface area (Å²) >= 11 is 0. The number of para-hydroxylation sites is 2. The molecular weight excluding hydrogens is 419 g/mol. The van der Waals surface area contributed by atoms with Crippen molar-refractivity contribution < 1.29 is 43.6 Å². The first-order valence-electron chi connectivity index (χ1n) is 12.0. The number of fused-ring (bicyclic) bond motifs is 1. The van der Waals surface area contributed by atoms with Gasteiger partial charge < -0.3 is 6.41 Å². The zero-order chi connectivity index (χ0) is 21.5. The maximum Gasteiger partial charge on any atom is 1.00 e. The fraction of sp³-hybridized carbons (Fsp3) is 0.708. The van der Waals surface area contributed by atoms with Gasteiger partial charge in [0.2, 0.25) is 0 Å². The summed E-state index contributed by atoms with van der Waals surface area (Å²) in [6.45, 7) is 2.49. The minimum absolute atomic E-state index is 0. The summed E-state index contributed by atoms with van der Waals surface area (Å²) in [6.07, 6.45) is 19.2. The SMILES string of the molecule is CCCCCCCCCCCCCCCCCOS(=O)(=O)c1nc2ccccc2[nH]1.[H-].[Na+]. The number of hydrogen-bond donors (Lipinski definition) is 1. The molecule has 0 fully saturated rings. The van der Waals surface area contributed by atoms with Crippen molar-refractivity contribution in [2.24, 2.45) is 0 Å². The number of aromatic nitrogens is 2. The zero-order valence-corrected chi connectivity index (χ0v) is 22.5. The van der Waals surface area contributed by atoms with Gasteiger partial charge in [0.15, 0.2) is 0 Å². The van der Waals surface area contributed by atoms with Crippen LogP contribution in [0.2, 0.25) is 0 Å². The van der Waals surface area contributed by atoms with E-state index in [9.17, 15) is 8.42 Å². The molecule has 2 aromatic rings. The summed E-state index contributed by atoms with van der Waals surface area (Å²) in [4.78, 5) is 6.92. The smallest absolute Gasteiger partial charge is 1.00 e. The Balaban J connectivity index is 0.00000480. The first-order valence-corrected chi connectivity index (χ1v) is 13.4. The number of unbranched alkanes of at least 4 members (excludes halogenated alkanes) is 14. The van der Waals surface area contributed by atoms with Crippen molar-refractivity contribution in [3.63, 3.8) is 0 Å². The first kappa shape index (κ1) is 28.6. The van der Waals surface area contributed by atoms with Gasteiger partial charge in [0.25, 0.3) is 5.16 Å². The van der Waals surface area contributed by atoms with Gasteiger partial charge in [-0.25, -0.2) is 4.98 Å². The average Bonchev–Trinajstić information content (AvgIpc) is 3.19. The van der Waals surface area contributed by atoms with E-state index in [1.165, 1.54) is 77.0 Å². The van der Waals surface area contributed by atoms with Crippen LogP contribution in [0.3, 0.4) is 0 Å². The third kappa shape index (κ3) is 11.9. The molecule has 1 aromatic carbocycles. The molecular formula is C24H41N2NaO3S. The molecule has 0 atom stereocenters. The van der Waals surface area contributed by atoms with Crippen molar-refractivity contribution in [3.8, 4) is 0 Å². The second-order valence-electron chi connectivity index (χ2n) is 8.28. The van der Waals surface area contributed by atoms with Gasteiger partial charge in [-0.2, -0.15) is 8.42 Å². The Kier molecular flexibility index (Phi) is 15.8. The molecule has 7 heteroatoms. The Morgan fingerprint density at radius 1 is 0.806 bits per heavy atom. The summed E-state index contributed by atoms with van der Waals surface area (Å²) in [5.41, 5.74) is 1.33. The molecule has 0 saturated carbocycles. The number of H-pyrrole nitrogens is 1. The molecule has 2 rings (SSSR count). The van der Waals surface area contributed by atoms with Crippen molar-refractivity contribution in [2.45, 2.75) is 108 Å². The zero-order valence-electron chi connectivity index (χ0n) is 20.7. The van der Waals surface area contributed by atoms with Crippen LogP contribution in [0.4, 0.5) is 0 Å². The first-order chi connectivity index (χ1) is 14.6. The van der Waals surface area contributed by atoms with E-state index in [4.69, 9.17) is 4.18 Å². The standard InChI is InChI=1S/C24H40N2O3S.Na.H/c1-2-3-4-5-6-7-8-9-10-11-12-13-14-15-18-21-29-30(27,28)24-25-22-19-16-17-20-23(22)26-24;;/h16-17,19-20H,2-15,18,21H2,1H3,(H,25,26);;/q;+1;-1. The Morgan fingerprint density at radius 3 is 1.81 bits per heavy atom. The minimum Gasteiger partial charge on any atom is -1.00 e. The molecule has 0 spiro atoms. The van der Waals surface area contributed by atoms with E-state index in [0.29, 0.717) is 11.0 Å². The van der Waals surface area contributed by atoms with Crippen molar-refractivity contribution in [1.29, 1.82) is 0 Å². The van der Waals surface area contributed by atoms with Crippen LogP contribution in [0.25, 0.3) is 11.0 Å². The molecule has 0 unspecified atom stereocenters. The van der Waals surface area contributed by atoms with Crippen LogP contribution in [-0.2, 0) is 14.3 Å². The van der Waals surface area contributed by atoms with E-state index in [-0.39, 0.29) is 42.7 Å². The molecule has 1 aromatic heterocycles. The predicted octanol–water partition coefficient (Wildman–Crippen LogP) is 4.26. The van der Waals surface area contributed by atoms with Gasteiger partial charge in [-0.05, 0) is 18.6 Å². The number of nitrogens with zero attached hydrogens (tertiary/aromatic N) is 1. The number of hydrogen-bond acceptors (Lipinski definition) is 4. The van der Waals surface area contributed by atoms with Gasteiger partial charge in [0, 0.05) is 0 Å². The van der Waals surface area contributed by atoms with E-state index in [2.05, 4.69) is 16.9 Å². The maximum atomic E-state index is 12.2. The Hall–Kier alpha value is -0.400. The van der Waals surface area contributed by atoms with Crippen LogP contribution in [0.1, 0.15) is 105 Å². The van der Waals surface area contributed by atoms with Crippen LogP contribution >= 0.6 is 0 Å². The van der Waals surface area contributed by atoms with Crippen molar-refractivity contribution >= 4 is 21.2 Å². The van der Waals surface area contributed by atoms with E-state index in [1.54, 1.807) is 12.1 Å². The quantitative estimate of drug-likeness (QED) is 0.205. The van der Waals surface area contributed by atoms with E-state index in [0.717, 1.165) is 19.3 Å². The van der Waals surface area contributed by atoms with E-state index < -0.39 is 10.1 Å². The molecule has 0 saturated heterocycles. The van der Waals surface area contributed by atoms with Gasteiger partial charge in [0.1, 0.15) is 0 Å². The fourth-order valence-electron chi connectivity index (χ4n) is 3.75. The monoisotopic (exact) mass is 460 g/mol. The fourth-order valence-corrected chi connectivity index (χ4v) is 4.64. The van der Waals surface area contributed by atoms with Crippen LogP contribution < -0.4 is 29.6 Å². The average molecular weight is 461 g/mol. The topological polar surface area (TPSA) is 72.1 Å². The Morgan fingerprint density at radius 2 is 1.29 bits per heavy atom. The second-order valence-corrected chi connectivity index (χ2v) is 9.82. The van der Waals surface area contributed by atoms with Crippen molar-refractivity contribution in [1.82, 2.24) is 9.97 Å². The minimum atomic E-state index is -3.81. The van der Waals surface area contributed by atoms with Crippen LogP contribution in [0.5, 0.6) is 0 Å². The molecule has 1 heterocycles. The van der Waals surface area contributed by atoms with E-state index >= 15 is 0 Å². The molecule has 0 bridgehead atoms. The Labute approximate surface area is 213 Å². The van der Waals surface area contributed by atoms with Crippen molar-refractivity contribution in [3.05, 3.63) is 24.3 Å². The van der Waals surface area contributed by atoms with Gasteiger partial charge in [0.05, 0.1) is 17.6 Å². The van der Waals surface area contributed by atoms with Gasteiger partial charge in [-0.3, -0.25) is 4.18 Å².